The van der Waals surface area contributed by atoms with Gasteiger partial charge < -0.3 is 10.2 Å². The van der Waals surface area contributed by atoms with Crippen LogP contribution >= 0.6 is 0 Å². The van der Waals surface area contributed by atoms with Crippen LogP contribution < -0.4 is 10.2 Å². The van der Waals surface area contributed by atoms with Crippen LogP contribution in [0.5, 0.6) is 0 Å². The minimum atomic E-state index is -0.790. The number of carbonyl (C=O) groups excluding carboxylic acids is 2. The molecule has 2 aromatic carbocycles. The van der Waals surface area contributed by atoms with Crippen LogP contribution in [0.4, 0.5) is 20.2 Å². The molecule has 7 heteroatoms. The van der Waals surface area contributed by atoms with Gasteiger partial charge in [0.2, 0.25) is 5.91 Å². The highest BCUT2D eigenvalue weighted by molar-refractivity contribution is 5.94. The summed E-state index contributed by atoms with van der Waals surface area (Å²) in [6, 6.07) is 10.5. The van der Waals surface area contributed by atoms with Crippen LogP contribution in [-0.2, 0) is 4.79 Å². The molecule has 0 atom stereocenters. The van der Waals surface area contributed by atoms with Crippen molar-refractivity contribution in [2.24, 2.45) is 0 Å². The molecule has 1 heterocycles. The third-order valence-corrected chi connectivity index (χ3v) is 4.58. The second-order valence-electron chi connectivity index (χ2n) is 6.54. The summed E-state index contributed by atoms with van der Waals surface area (Å²) >= 11 is 0. The van der Waals surface area contributed by atoms with Crippen LogP contribution in [0.15, 0.2) is 42.5 Å². The van der Waals surface area contributed by atoms with Crippen LogP contribution in [0.2, 0.25) is 0 Å². The molecule has 1 fully saturated rings. The van der Waals surface area contributed by atoms with Crippen LogP contribution in [-0.4, -0.2) is 49.3 Å². The highest BCUT2D eigenvalue weighted by atomic mass is 19.1. The molecule has 142 valence electrons. The number of hydrogen-bond donors (Lipinski definition) is 1. The van der Waals surface area contributed by atoms with Crippen molar-refractivity contribution in [1.29, 1.82) is 0 Å². The molecule has 3 rings (SSSR count). The quantitative estimate of drug-likeness (QED) is 0.819. The zero-order chi connectivity index (χ0) is 19.4. The molecular formula is C20H21F2N3O2. The van der Waals surface area contributed by atoms with Crippen molar-refractivity contribution in [1.82, 2.24) is 4.90 Å². The Morgan fingerprint density at radius 3 is 2.26 bits per heavy atom. The lowest BCUT2D eigenvalue weighted by atomic mass is 10.1. The van der Waals surface area contributed by atoms with Crippen LogP contribution in [0.1, 0.15) is 17.3 Å². The predicted octanol–water partition coefficient (Wildman–Crippen LogP) is 2.93. The van der Waals surface area contributed by atoms with E-state index in [0.717, 1.165) is 30.9 Å². The number of carbonyl (C=O) groups is 2. The lowest BCUT2D eigenvalue weighted by molar-refractivity contribution is -0.117. The highest BCUT2D eigenvalue weighted by Gasteiger charge is 2.20. The Balaban J connectivity index is 1.50. The van der Waals surface area contributed by atoms with E-state index in [1.54, 1.807) is 0 Å². The third-order valence-electron chi connectivity index (χ3n) is 4.58. The largest absolute Gasteiger partial charge is 0.369 e. The SMILES string of the molecule is CC(=O)c1ccc(N2CCN(CC(=O)Nc3ccc(F)cc3F)CC2)cc1. The Morgan fingerprint density at radius 1 is 1.00 bits per heavy atom. The summed E-state index contributed by atoms with van der Waals surface area (Å²) in [6.07, 6.45) is 0. The molecule has 1 aliphatic heterocycles. The van der Waals surface area contributed by atoms with Crippen LogP contribution in [0.3, 0.4) is 0 Å². The predicted molar refractivity (Wildman–Crippen MR) is 100 cm³/mol. The second-order valence-corrected chi connectivity index (χ2v) is 6.54. The number of halogens is 2. The van der Waals surface area contributed by atoms with Crippen molar-refractivity contribution in [3.63, 3.8) is 0 Å². The van der Waals surface area contributed by atoms with Gasteiger partial charge >= 0.3 is 0 Å². The number of hydrogen-bond acceptors (Lipinski definition) is 4. The number of nitrogens with zero attached hydrogens (tertiary/aromatic N) is 2. The van der Waals surface area contributed by atoms with E-state index in [9.17, 15) is 18.4 Å². The van der Waals surface area contributed by atoms with Crippen LogP contribution in [0.25, 0.3) is 0 Å². The minimum Gasteiger partial charge on any atom is -0.369 e. The van der Waals surface area contributed by atoms with Gasteiger partial charge in [0.15, 0.2) is 5.78 Å². The monoisotopic (exact) mass is 373 g/mol. The van der Waals surface area contributed by atoms with E-state index >= 15 is 0 Å². The van der Waals surface area contributed by atoms with E-state index in [1.165, 1.54) is 13.0 Å². The first-order valence-corrected chi connectivity index (χ1v) is 8.75. The summed E-state index contributed by atoms with van der Waals surface area (Å²) in [5.41, 5.74) is 1.70. The van der Waals surface area contributed by atoms with Crippen molar-refractivity contribution in [3.05, 3.63) is 59.7 Å². The lowest BCUT2D eigenvalue weighted by Crippen LogP contribution is -2.48. The number of rotatable bonds is 5. The third kappa shape index (κ3) is 4.89. The van der Waals surface area contributed by atoms with E-state index in [4.69, 9.17) is 0 Å². The molecule has 5 nitrogen and oxygen atoms in total. The van der Waals surface area contributed by atoms with Gasteiger partial charge in [0.1, 0.15) is 11.6 Å². The molecular weight excluding hydrogens is 352 g/mol. The van der Waals surface area contributed by atoms with Crippen molar-refractivity contribution in [2.75, 3.05) is 42.9 Å². The zero-order valence-corrected chi connectivity index (χ0v) is 15.0. The average Bonchev–Trinajstić information content (AvgIpc) is 2.65. The molecule has 0 spiro atoms. The molecule has 0 aliphatic carbocycles. The van der Waals surface area contributed by atoms with Crippen LogP contribution in [0, 0.1) is 11.6 Å². The summed E-state index contributed by atoms with van der Waals surface area (Å²) in [7, 11) is 0. The number of anilines is 2. The fraction of sp³-hybridized carbons (Fsp3) is 0.300. The Hall–Kier alpha value is -2.80. The van der Waals surface area contributed by atoms with Crippen molar-refractivity contribution in [2.45, 2.75) is 6.92 Å². The maximum Gasteiger partial charge on any atom is 0.238 e. The molecule has 0 unspecified atom stereocenters. The summed E-state index contributed by atoms with van der Waals surface area (Å²) in [4.78, 5) is 27.6. The molecule has 1 aliphatic rings. The van der Waals surface area contributed by atoms with Gasteiger partial charge in [0.25, 0.3) is 0 Å². The Labute approximate surface area is 156 Å². The van der Waals surface area contributed by atoms with Gasteiger partial charge in [-0.2, -0.15) is 0 Å². The maximum absolute atomic E-state index is 13.6. The first-order valence-electron chi connectivity index (χ1n) is 8.75. The summed E-state index contributed by atoms with van der Waals surface area (Å²) in [6.45, 7) is 4.56. The van der Waals surface area contributed by atoms with E-state index in [2.05, 4.69) is 10.2 Å². The van der Waals surface area contributed by atoms with Gasteiger partial charge in [0, 0.05) is 43.5 Å². The van der Waals surface area contributed by atoms with E-state index in [0.29, 0.717) is 18.7 Å². The van der Waals surface area contributed by atoms with E-state index in [-0.39, 0.29) is 23.9 Å². The van der Waals surface area contributed by atoms with E-state index < -0.39 is 11.6 Å². The fourth-order valence-electron chi connectivity index (χ4n) is 3.05. The number of Topliss-reactive ketones (excluding diaryl/α,β-unsaturated/α-hetero) is 1. The Morgan fingerprint density at radius 2 is 1.67 bits per heavy atom. The van der Waals surface area contributed by atoms with Crippen molar-refractivity contribution in [3.8, 4) is 0 Å². The van der Waals surface area contributed by atoms with Crippen molar-refractivity contribution >= 4 is 23.1 Å². The molecule has 1 amide bonds. The number of ketones is 1. The molecule has 0 bridgehead atoms. The standard InChI is InChI=1S/C20H21F2N3O2/c1-14(26)15-2-5-17(6-3-15)25-10-8-24(9-11-25)13-20(27)23-19-7-4-16(21)12-18(19)22/h2-7,12H,8-11,13H2,1H3,(H,23,27). The first kappa shape index (κ1) is 19.0. The molecule has 27 heavy (non-hydrogen) atoms. The van der Waals surface area contributed by atoms with Gasteiger partial charge in [-0.25, -0.2) is 8.78 Å². The number of amides is 1. The van der Waals surface area contributed by atoms with Gasteiger partial charge in [-0.1, -0.05) is 0 Å². The molecule has 0 aromatic heterocycles. The molecule has 0 radical (unpaired) electrons. The second kappa shape index (κ2) is 8.26. The zero-order valence-electron chi connectivity index (χ0n) is 15.0. The smallest absolute Gasteiger partial charge is 0.238 e. The van der Waals surface area contributed by atoms with Gasteiger partial charge in [-0.3, -0.25) is 14.5 Å². The number of benzene rings is 2. The summed E-state index contributed by atoms with van der Waals surface area (Å²) in [5, 5.41) is 2.48. The summed E-state index contributed by atoms with van der Waals surface area (Å²) < 4.78 is 26.5. The number of nitrogens with one attached hydrogen (secondary N) is 1. The maximum atomic E-state index is 13.6. The average molecular weight is 373 g/mol. The van der Waals surface area contributed by atoms with Gasteiger partial charge in [-0.15, -0.1) is 0 Å². The Kier molecular flexibility index (Phi) is 5.81. The Bertz CT molecular complexity index is 832. The lowest BCUT2D eigenvalue weighted by Gasteiger charge is -2.35. The first-order chi connectivity index (χ1) is 12.9. The fourth-order valence-corrected chi connectivity index (χ4v) is 3.05. The van der Waals surface area contributed by atoms with Gasteiger partial charge in [-0.05, 0) is 43.3 Å². The highest BCUT2D eigenvalue weighted by Crippen LogP contribution is 2.18. The number of piperazine rings is 1. The minimum absolute atomic E-state index is 0.0226. The van der Waals surface area contributed by atoms with Crippen molar-refractivity contribution < 1.29 is 18.4 Å². The molecule has 0 saturated carbocycles. The topological polar surface area (TPSA) is 52.7 Å². The summed E-state index contributed by atoms with van der Waals surface area (Å²) in [5.74, 6) is -1.77. The molecule has 1 saturated heterocycles. The van der Waals surface area contributed by atoms with Gasteiger partial charge in [0.05, 0.1) is 12.2 Å². The molecule has 1 N–H and O–H groups in total. The normalized spacial score (nSPS) is 14.9. The van der Waals surface area contributed by atoms with E-state index in [1.807, 2.05) is 29.2 Å². The molecule has 2 aromatic rings.